The Labute approximate surface area is 156 Å². The first-order valence-corrected chi connectivity index (χ1v) is 9.17. The lowest BCUT2D eigenvalue weighted by Gasteiger charge is -2.10. The smallest absolute Gasteiger partial charge is 0.192 e. The van der Waals surface area contributed by atoms with Crippen LogP contribution in [0.3, 0.4) is 0 Å². The third-order valence-corrected chi connectivity index (χ3v) is 4.94. The van der Waals surface area contributed by atoms with Crippen LogP contribution < -0.4 is 4.74 Å². The lowest BCUT2D eigenvalue weighted by molar-refractivity contribution is 0.411. The van der Waals surface area contributed by atoms with Crippen molar-refractivity contribution in [3.8, 4) is 17.1 Å². The molecular formula is C20H20FN3OS. The maximum atomic E-state index is 13.2. The average Bonchev–Trinajstić information content (AvgIpc) is 3.04. The molecule has 134 valence electrons. The molecule has 0 N–H and O–H groups in total. The Bertz CT molecular complexity index is 906. The topological polar surface area (TPSA) is 39.9 Å². The van der Waals surface area contributed by atoms with Crippen molar-refractivity contribution in [2.45, 2.75) is 24.4 Å². The van der Waals surface area contributed by atoms with Crippen LogP contribution in [0.15, 0.2) is 60.3 Å². The van der Waals surface area contributed by atoms with Crippen LogP contribution >= 0.6 is 11.8 Å². The van der Waals surface area contributed by atoms with E-state index >= 15 is 0 Å². The molecule has 0 amide bonds. The fraction of sp³-hybridized carbons (Fsp3) is 0.200. The van der Waals surface area contributed by atoms with Gasteiger partial charge in [-0.25, -0.2) is 4.39 Å². The van der Waals surface area contributed by atoms with E-state index in [0.29, 0.717) is 18.1 Å². The fourth-order valence-corrected chi connectivity index (χ4v) is 3.59. The highest BCUT2D eigenvalue weighted by Crippen LogP contribution is 2.30. The predicted molar refractivity (Wildman–Crippen MR) is 103 cm³/mol. The minimum Gasteiger partial charge on any atom is -0.496 e. The third-order valence-electron chi connectivity index (χ3n) is 3.92. The molecule has 0 saturated heterocycles. The van der Waals surface area contributed by atoms with Crippen molar-refractivity contribution >= 4 is 11.8 Å². The van der Waals surface area contributed by atoms with Crippen LogP contribution in [0, 0.1) is 12.7 Å². The molecule has 0 spiro atoms. The summed E-state index contributed by atoms with van der Waals surface area (Å²) in [6.07, 6.45) is 1.80. The number of allylic oxidation sites excluding steroid dienone is 1. The molecule has 0 fully saturated rings. The number of rotatable bonds is 7. The van der Waals surface area contributed by atoms with E-state index in [1.807, 2.05) is 16.7 Å². The van der Waals surface area contributed by atoms with Crippen LogP contribution in [0.2, 0.25) is 0 Å². The van der Waals surface area contributed by atoms with Crippen LogP contribution in [0.25, 0.3) is 11.4 Å². The molecule has 0 radical (unpaired) electrons. The van der Waals surface area contributed by atoms with Gasteiger partial charge in [0, 0.05) is 23.4 Å². The maximum absolute atomic E-state index is 13.2. The van der Waals surface area contributed by atoms with Crippen LogP contribution in [0.5, 0.6) is 5.75 Å². The minimum atomic E-state index is -0.273. The van der Waals surface area contributed by atoms with Gasteiger partial charge in [-0.2, -0.15) is 0 Å². The molecular weight excluding hydrogens is 349 g/mol. The first-order valence-electron chi connectivity index (χ1n) is 8.18. The van der Waals surface area contributed by atoms with Gasteiger partial charge in [0.15, 0.2) is 11.0 Å². The van der Waals surface area contributed by atoms with E-state index < -0.39 is 0 Å². The van der Waals surface area contributed by atoms with E-state index in [9.17, 15) is 4.39 Å². The number of halogens is 1. The first-order chi connectivity index (χ1) is 12.6. The van der Waals surface area contributed by atoms with Crippen molar-refractivity contribution in [2.24, 2.45) is 0 Å². The van der Waals surface area contributed by atoms with Gasteiger partial charge in [-0.3, -0.25) is 4.57 Å². The number of ether oxygens (including phenoxy) is 1. The molecule has 0 aliphatic rings. The van der Waals surface area contributed by atoms with Crippen LogP contribution in [0.1, 0.15) is 11.1 Å². The molecule has 0 unspecified atom stereocenters. The van der Waals surface area contributed by atoms with Gasteiger partial charge in [0.2, 0.25) is 0 Å². The molecule has 1 aromatic heterocycles. The summed E-state index contributed by atoms with van der Waals surface area (Å²) in [5.41, 5.74) is 3.11. The Hall–Kier alpha value is -2.60. The Morgan fingerprint density at radius 3 is 2.65 bits per heavy atom. The highest BCUT2D eigenvalue weighted by atomic mass is 32.2. The summed E-state index contributed by atoms with van der Waals surface area (Å²) in [7, 11) is 1.67. The molecule has 26 heavy (non-hydrogen) atoms. The zero-order chi connectivity index (χ0) is 18.5. The van der Waals surface area contributed by atoms with Crippen LogP contribution in [0.4, 0.5) is 4.39 Å². The van der Waals surface area contributed by atoms with Gasteiger partial charge in [0.25, 0.3) is 0 Å². The molecule has 0 aliphatic carbocycles. The standard InChI is InChI=1S/C20H20FN3OS/c1-4-11-24-19(15-6-8-17(21)9-7-15)22-23-20(24)26-13-16-12-14(2)5-10-18(16)25-3/h4-10,12H,1,11,13H2,2-3H3. The zero-order valence-corrected chi connectivity index (χ0v) is 15.6. The molecule has 3 rings (SSSR count). The monoisotopic (exact) mass is 369 g/mol. The average molecular weight is 369 g/mol. The number of benzene rings is 2. The SMILES string of the molecule is C=CCn1c(SCc2cc(C)ccc2OC)nnc1-c1ccc(F)cc1. The summed E-state index contributed by atoms with van der Waals surface area (Å²) in [6.45, 7) is 6.45. The van der Waals surface area contributed by atoms with Crippen molar-refractivity contribution in [3.63, 3.8) is 0 Å². The van der Waals surface area contributed by atoms with Crippen LogP contribution in [-0.2, 0) is 12.3 Å². The van der Waals surface area contributed by atoms with Gasteiger partial charge in [0.1, 0.15) is 11.6 Å². The van der Waals surface area contributed by atoms with E-state index in [1.54, 1.807) is 37.1 Å². The van der Waals surface area contributed by atoms with E-state index in [2.05, 4.69) is 29.8 Å². The number of methoxy groups -OCH3 is 1. The molecule has 0 atom stereocenters. The predicted octanol–water partition coefficient (Wildman–Crippen LogP) is 4.88. The van der Waals surface area contributed by atoms with Crippen molar-refractivity contribution in [1.82, 2.24) is 14.8 Å². The molecule has 0 bridgehead atoms. The van der Waals surface area contributed by atoms with Gasteiger partial charge < -0.3 is 4.74 Å². The molecule has 2 aromatic carbocycles. The highest BCUT2D eigenvalue weighted by molar-refractivity contribution is 7.98. The lowest BCUT2D eigenvalue weighted by Crippen LogP contribution is -2.01. The Kier molecular flexibility index (Phi) is 5.73. The quantitative estimate of drug-likeness (QED) is 0.440. The molecule has 0 saturated carbocycles. The molecule has 0 aliphatic heterocycles. The third kappa shape index (κ3) is 3.96. The summed E-state index contributed by atoms with van der Waals surface area (Å²) >= 11 is 1.58. The second-order valence-electron chi connectivity index (χ2n) is 5.82. The second kappa shape index (κ2) is 8.19. The van der Waals surface area contributed by atoms with Gasteiger partial charge in [-0.15, -0.1) is 16.8 Å². The van der Waals surface area contributed by atoms with Crippen molar-refractivity contribution in [1.29, 1.82) is 0 Å². The Balaban J connectivity index is 1.88. The first kappa shape index (κ1) is 18.2. The number of hydrogen-bond acceptors (Lipinski definition) is 4. The number of nitrogens with zero attached hydrogens (tertiary/aromatic N) is 3. The molecule has 3 aromatic rings. The Morgan fingerprint density at radius 2 is 1.96 bits per heavy atom. The highest BCUT2D eigenvalue weighted by Gasteiger charge is 2.14. The van der Waals surface area contributed by atoms with E-state index in [-0.39, 0.29) is 5.82 Å². The van der Waals surface area contributed by atoms with Gasteiger partial charge in [-0.1, -0.05) is 35.5 Å². The normalized spacial score (nSPS) is 10.7. The summed E-state index contributed by atoms with van der Waals surface area (Å²) in [5, 5.41) is 9.40. The van der Waals surface area contributed by atoms with Gasteiger partial charge in [-0.05, 0) is 37.3 Å². The van der Waals surface area contributed by atoms with Crippen molar-refractivity contribution < 1.29 is 9.13 Å². The van der Waals surface area contributed by atoms with E-state index in [1.165, 1.54) is 17.7 Å². The lowest BCUT2D eigenvalue weighted by atomic mass is 10.1. The Morgan fingerprint density at radius 1 is 1.19 bits per heavy atom. The maximum Gasteiger partial charge on any atom is 0.192 e. The second-order valence-corrected chi connectivity index (χ2v) is 6.76. The fourth-order valence-electron chi connectivity index (χ4n) is 2.66. The summed E-state index contributed by atoms with van der Waals surface area (Å²) < 4.78 is 20.6. The summed E-state index contributed by atoms with van der Waals surface area (Å²) in [6, 6.07) is 12.4. The number of aromatic nitrogens is 3. The number of hydrogen-bond donors (Lipinski definition) is 0. The largest absolute Gasteiger partial charge is 0.496 e. The van der Waals surface area contributed by atoms with E-state index in [0.717, 1.165) is 22.0 Å². The van der Waals surface area contributed by atoms with Crippen LogP contribution in [-0.4, -0.2) is 21.9 Å². The minimum absolute atomic E-state index is 0.273. The summed E-state index contributed by atoms with van der Waals surface area (Å²) in [4.78, 5) is 0. The van der Waals surface area contributed by atoms with Crippen molar-refractivity contribution in [2.75, 3.05) is 7.11 Å². The van der Waals surface area contributed by atoms with E-state index in [4.69, 9.17) is 4.74 Å². The number of aryl methyl sites for hydroxylation is 1. The zero-order valence-electron chi connectivity index (χ0n) is 14.8. The summed E-state index contributed by atoms with van der Waals surface area (Å²) in [5.74, 6) is 1.99. The molecule has 6 heteroatoms. The molecule has 4 nitrogen and oxygen atoms in total. The molecule has 1 heterocycles. The van der Waals surface area contributed by atoms with Crippen molar-refractivity contribution in [3.05, 3.63) is 72.1 Å². The van der Waals surface area contributed by atoms with Gasteiger partial charge >= 0.3 is 0 Å². The number of thioether (sulfide) groups is 1. The van der Waals surface area contributed by atoms with Gasteiger partial charge in [0.05, 0.1) is 7.11 Å².